The van der Waals surface area contributed by atoms with Crippen LogP contribution in [0.2, 0.25) is 5.02 Å². The summed E-state index contributed by atoms with van der Waals surface area (Å²) < 4.78 is 7.11. The van der Waals surface area contributed by atoms with Crippen molar-refractivity contribution in [3.8, 4) is 5.75 Å². The molecule has 0 bridgehead atoms. The van der Waals surface area contributed by atoms with Crippen molar-refractivity contribution in [2.45, 2.75) is 38.8 Å². The molecule has 0 amide bonds. The van der Waals surface area contributed by atoms with Crippen LogP contribution in [-0.2, 0) is 6.54 Å². The van der Waals surface area contributed by atoms with E-state index in [-0.39, 0.29) is 17.4 Å². The molecule has 0 spiro atoms. The molecule has 0 saturated carbocycles. The van der Waals surface area contributed by atoms with Gasteiger partial charge in [0.1, 0.15) is 11.5 Å². The summed E-state index contributed by atoms with van der Waals surface area (Å²) in [5, 5.41) is 11.5. The molecule has 1 N–H and O–H groups in total. The molecule has 2 aromatic heterocycles. The van der Waals surface area contributed by atoms with Crippen LogP contribution in [0.25, 0.3) is 0 Å². The van der Waals surface area contributed by atoms with E-state index in [0.717, 1.165) is 31.5 Å². The van der Waals surface area contributed by atoms with E-state index in [1.807, 2.05) is 37.3 Å². The van der Waals surface area contributed by atoms with Gasteiger partial charge in [0, 0.05) is 10.7 Å². The van der Waals surface area contributed by atoms with Crippen molar-refractivity contribution in [3.05, 3.63) is 86.7 Å². The van der Waals surface area contributed by atoms with Gasteiger partial charge < -0.3 is 14.1 Å². The van der Waals surface area contributed by atoms with Crippen LogP contribution >= 0.6 is 11.6 Å². The zero-order valence-electron chi connectivity index (χ0n) is 16.5. The molecule has 1 atom stereocenters. The first kappa shape index (κ1) is 19.8. The fraction of sp³-hybridized carbons (Fsp3) is 0.348. The Morgan fingerprint density at radius 1 is 1.14 bits per heavy atom. The smallest absolute Gasteiger partial charge is 0.260 e. The molecule has 4 rings (SSSR count). The van der Waals surface area contributed by atoms with E-state index < -0.39 is 0 Å². The lowest BCUT2D eigenvalue weighted by molar-refractivity contribution is 0.183. The second-order valence-corrected chi connectivity index (χ2v) is 8.05. The Morgan fingerprint density at radius 3 is 2.62 bits per heavy atom. The first-order valence-corrected chi connectivity index (χ1v) is 10.4. The normalized spacial score (nSPS) is 16.1. The summed E-state index contributed by atoms with van der Waals surface area (Å²) >= 11 is 6.27. The van der Waals surface area contributed by atoms with E-state index in [2.05, 4.69) is 4.90 Å². The summed E-state index contributed by atoms with van der Waals surface area (Å²) in [5.74, 6) is 0.725. The van der Waals surface area contributed by atoms with Gasteiger partial charge in [0.25, 0.3) is 5.56 Å². The van der Waals surface area contributed by atoms with E-state index in [9.17, 15) is 9.90 Å². The summed E-state index contributed by atoms with van der Waals surface area (Å²) in [6, 6.07) is 12.5. The third-order valence-corrected chi connectivity index (χ3v) is 5.85. The second-order valence-electron chi connectivity index (χ2n) is 7.61. The molecule has 152 valence electrons. The van der Waals surface area contributed by atoms with Crippen molar-refractivity contribution in [2.75, 3.05) is 13.1 Å². The minimum atomic E-state index is -0.343. The van der Waals surface area contributed by atoms with Crippen LogP contribution in [-0.4, -0.2) is 27.7 Å². The van der Waals surface area contributed by atoms with Gasteiger partial charge in [0.05, 0.1) is 24.4 Å². The number of benzene rings is 1. The Morgan fingerprint density at radius 2 is 1.93 bits per heavy atom. The highest BCUT2D eigenvalue weighted by molar-refractivity contribution is 6.30. The SMILES string of the molecule is Cc1cc(O)c(C(c2cccc(Cl)c2)N2CCCCC2)c(=O)n1Cc1ccco1. The Labute approximate surface area is 175 Å². The third kappa shape index (κ3) is 4.11. The number of aromatic nitrogens is 1. The molecule has 1 aromatic carbocycles. The zero-order valence-corrected chi connectivity index (χ0v) is 17.2. The van der Waals surface area contributed by atoms with Gasteiger partial charge in [-0.15, -0.1) is 0 Å². The van der Waals surface area contributed by atoms with Gasteiger partial charge >= 0.3 is 0 Å². The summed E-state index contributed by atoms with van der Waals surface area (Å²) in [4.78, 5) is 15.9. The van der Waals surface area contributed by atoms with Crippen LogP contribution in [0.1, 0.15) is 47.9 Å². The molecule has 1 aliphatic heterocycles. The van der Waals surface area contributed by atoms with Crippen LogP contribution in [0.5, 0.6) is 5.75 Å². The maximum Gasteiger partial charge on any atom is 0.260 e. The van der Waals surface area contributed by atoms with Crippen molar-refractivity contribution < 1.29 is 9.52 Å². The van der Waals surface area contributed by atoms with Gasteiger partial charge in [-0.25, -0.2) is 0 Å². The van der Waals surface area contributed by atoms with Gasteiger partial charge in [0.2, 0.25) is 0 Å². The highest BCUT2D eigenvalue weighted by atomic mass is 35.5. The van der Waals surface area contributed by atoms with E-state index in [0.29, 0.717) is 28.6 Å². The fourth-order valence-corrected chi connectivity index (χ4v) is 4.39. The number of likely N-dealkylation sites (tertiary alicyclic amines) is 1. The molecular formula is C23H25ClN2O3. The molecule has 3 heterocycles. The minimum Gasteiger partial charge on any atom is -0.507 e. The summed E-state index contributed by atoms with van der Waals surface area (Å²) in [7, 11) is 0. The molecule has 6 heteroatoms. The third-order valence-electron chi connectivity index (χ3n) is 5.61. The maximum absolute atomic E-state index is 13.6. The van der Waals surface area contributed by atoms with Gasteiger partial charge in [-0.1, -0.05) is 30.2 Å². The van der Waals surface area contributed by atoms with Crippen molar-refractivity contribution in [1.82, 2.24) is 9.47 Å². The monoisotopic (exact) mass is 412 g/mol. The number of hydrogen-bond donors (Lipinski definition) is 1. The largest absolute Gasteiger partial charge is 0.507 e. The van der Waals surface area contributed by atoms with E-state index >= 15 is 0 Å². The van der Waals surface area contributed by atoms with E-state index in [1.165, 1.54) is 6.42 Å². The molecule has 0 radical (unpaired) electrons. The van der Waals surface area contributed by atoms with Gasteiger partial charge in [-0.05, 0) is 68.8 Å². The first-order chi connectivity index (χ1) is 14.0. The topological polar surface area (TPSA) is 58.6 Å². The Bertz CT molecular complexity index is 1040. The fourth-order valence-electron chi connectivity index (χ4n) is 4.19. The summed E-state index contributed by atoms with van der Waals surface area (Å²) in [6.45, 7) is 3.90. The molecule has 1 aliphatic rings. The number of aromatic hydroxyl groups is 1. The van der Waals surface area contributed by atoms with Crippen LogP contribution in [0.4, 0.5) is 0 Å². The van der Waals surface area contributed by atoms with Crippen molar-refractivity contribution >= 4 is 11.6 Å². The molecule has 5 nitrogen and oxygen atoms in total. The van der Waals surface area contributed by atoms with E-state index in [4.69, 9.17) is 16.0 Å². The Balaban J connectivity index is 1.86. The Hall–Kier alpha value is -2.50. The molecule has 29 heavy (non-hydrogen) atoms. The van der Waals surface area contributed by atoms with Gasteiger partial charge in [0.15, 0.2) is 0 Å². The van der Waals surface area contributed by atoms with Crippen LogP contribution < -0.4 is 5.56 Å². The van der Waals surface area contributed by atoms with Gasteiger partial charge in [-0.2, -0.15) is 0 Å². The zero-order chi connectivity index (χ0) is 20.4. The summed E-state index contributed by atoms with van der Waals surface area (Å²) in [5.41, 5.74) is 1.80. The number of nitrogens with zero attached hydrogens (tertiary/aromatic N) is 2. The predicted octanol–water partition coefficient (Wildman–Crippen LogP) is 4.73. The number of halogens is 1. The molecule has 1 unspecified atom stereocenters. The van der Waals surface area contributed by atoms with Crippen molar-refractivity contribution in [3.63, 3.8) is 0 Å². The number of aryl methyl sites for hydroxylation is 1. The minimum absolute atomic E-state index is 0.0266. The highest BCUT2D eigenvalue weighted by Gasteiger charge is 2.30. The molecule has 3 aromatic rings. The lowest BCUT2D eigenvalue weighted by Gasteiger charge is -2.35. The van der Waals surface area contributed by atoms with Crippen LogP contribution in [0.15, 0.2) is 57.9 Å². The van der Waals surface area contributed by atoms with Crippen molar-refractivity contribution in [2.24, 2.45) is 0 Å². The van der Waals surface area contributed by atoms with Crippen LogP contribution in [0, 0.1) is 6.92 Å². The lowest BCUT2D eigenvalue weighted by atomic mass is 9.94. The Kier molecular flexibility index (Phi) is 5.79. The van der Waals surface area contributed by atoms with Crippen LogP contribution in [0.3, 0.4) is 0 Å². The number of rotatable bonds is 5. The second kappa shape index (κ2) is 8.47. The summed E-state index contributed by atoms with van der Waals surface area (Å²) in [6.07, 6.45) is 4.93. The standard InChI is InChI=1S/C23H25ClN2O3/c1-16-13-20(27)21(23(28)26(16)15-19-9-6-12-29-19)22(25-10-3-2-4-11-25)17-7-5-8-18(24)14-17/h5-9,12-14,22,27H,2-4,10-11,15H2,1H3. The number of furan rings is 1. The van der Waals surface area contributed by atoms with E-state index in [1.54, 1.807) is 23.0 Å². The quantitative estimate of drug-likeness (QED) is 0.658. The van der Waals surface area contributed by atoms with Gasteiger partial charge in [-0.3, -0.25) is 9.69 Å². The first-order valence-electron chi connectivity index (χ1n) is 10.00. The lowest BCUT2D eigenvalue weighted by Crippen LogP contribution is -2.38. The molecular weight excluding hydrogens is 388 g/mol. The number of piperidine rings is 1. The highest BCUT2D eigenvalue weighted by Crippen LogP contribution is 2.35. The number of hydrogen-bond acceptors (Lipinski definition) is 4. The maximum atomic E-state index is 13.6. The average Bonchev–Trinajstić information content (AvgIpc) is 3.22. The number of pyridine rings is 1. The predicted molar refractivity (Wildman–Crippen MR) is 114 cm³/mol. The molecule has 0 aliphatic carbocycles. The molecule has 1 fully saturated rings. The van der Waals surface area contributed by atoms with Crippen molar-refractivity contribution in [1.29, 1.82) is 0 Å². The average molecular weight is 413 g/mol. The molecule has 1 saturated heterocycles.